The first kappa shape index (κ1) is 11.7. The van der Waals surface area contributed by atoms with Crippen molar-refractivity contribution >= 4 is 29.4 Å². The third kappa shape index (κ3) is 2.47. The first-order valence-corrected chi connectivity index (χ1v) is 5.27. The molecule has 0 aromatic carbocycles. The van der Waals surface area contributed by atoms with E-state index in [1.54, 1.807) is 12.3 Å². The van der Waals surface area contributed by atoms with Gasteiger partial charge in [0.2, 0.25) is 0 Å². The Balaban J connectivity index is 2.21. The summed E-state index contributed by atoms with van der Waals surface area (Å²) < 4.78 is 1.14. The quantitative estimate of drug-likeness (QED) is 0.812. The average Bonchev–Trinajstić information content (AvgIpc) is 2.78. The molecule has 1 aromatic rings. The Labute approximate surface area is 104 Å². The molecule has 1 aromatic heterocycles. The fraction of sp³-hybridized carbons (Fsp3) is 0. The van der Waals surface area contributed by atoms with Crippen molar-refractivity contribution in [1.82, 2.24) is 9.78 Å². The van der Waals surface area contributed by atoms with Gasteiger partial charge in [-0.15, -0.1) is 0 Å². The zero-order chi connectivity index (χ0) is 11.5. The minimum atomic E-state index is -0.433. The summed E-state index contributed by atoms with van der Waals surface area (Å²) in [6.45, 7) is 0. The maximum atomic E-state index is 11.6. The highest BCUT2D eigenvalue weighted by atomic mass is 35.5. The molecule has 5 heteroatoms. The van der Waals surface area contributed by atoms with Gasteiger partial charge in [-0.2, -0.15) is 5.10 Å². The van der Waals surface area contributed by atoms with Gasteiger partial charge < -0.3 is 0 Å². The molecule has 1 saturated carbocycles. The standard InChI is InChI=1S/C11H7Cl2N2O/c12-9-7-14-15(11(16)10(9)13)6-5-8-3-1-2-4-8/h1-7H/b6-5+. The first-order chi connectivity index (χ1) is 7.68. The molecule has 1 fully saturated rings. The monoisotopic (exact) mass is 253 g/mol. The van der Waals surface area contributed by atoms with Crippen molar-refractivity contribution in [2.24, 2.45) is 0 Å². The molecule has 0 amide bonds. The molecular weight excluding hydrogens is 247 g/mol. The van der Waals surface area contributed by atoms with E-state index in [0.717, 1.165) is 10.6 Å². The summed E-state index contributed by atoms with van der Waals surface area (Å²) >= 11 is 11.4. The second-order valence-electron chi connectivity index (χ2n) is 3.09. The van der Waals surface area contributed by atoms with E-state index in [2.05, 4.69) is 5.10 Å². The van der Waals surface area contributed by atoms with Crippen LogP contribution in [0.15, 0.2) is 17.1 Å². The van der Waals surface area contributed by atoms with E-state index >= 15 is 0 Å². The molecule has 0 N–H and O–H groups in total. The number of hydrogen-bond acceptors (Lipinski definition) is 2. The third-order valence-corrected chi connectivity index (χ3v) is 2.75. The Morgan fingerprint density at radius 3 is 2.62 bits per heavy atom. The summed E-state index contributed by atoms with van der Waals surface area (Å²) in [6, 6.07) is 0. The highest BCUT2D eigenvalue weighted by Crippen LogP contribution is 2.24. The zero-order valence-corrected chi connectivity index (χ0v) is 9.61. The number of allylic oxidation sites excluding steroid dienone is 1. The molecular formula is C11H7Cl2N2O. The lowest BCUT2D eigenvalue weighted by molar-refractivity contribution is 0.851. The second kappa shape index (κ2) is 5.02. The Morgan fingerprint density at radius 1 is 1.25 bits per heavy atom. The maximum absolute atomic E-state index is 11.6. The van der Waals surface area contributed by atoms with E-state index in [9.17, 15) is 4.79 Å². The van der Waals surface area contributed by atoms with Crippen LogP contribution < -0.4 is 5.56 Å². The number of rotatable bonds is 2. The molecule has 2 rings (SSSR count). The number of aromatic nitrogens is 2. The van der Waals surface area contributed by atoms with Crippen LogP contribution in [0.2, 0.25) is 10.0 Å². The molecule has 0 bridgehead atoms. The van der Waals surface area contributed by atoms with Gasteiger partial charge in [-0.3, -0.25) is 4.79 Å². The van der Waals surface area contributed by atoms with E-state index in [1.807, 2.05) is 25.7 Å². The molecule has 81 valence electrons. The van der Waals surface area contributed by atoms with Crippen LogP contribution in [-0.4, -0.2) is 9.78 Å². The molecule has 0 atom stereocenters. The fourth-order valence-corrected chi connectivity index (χ4v) is 1.45. The lowest BCUT2D eigenvalue weighted by atomic mass is 10.1. The Kier molecular flexibility index (Phi) is 3.66. The van der Waals surface area contributed by atoms with Gasteiger partial charge in [-0.1, -0.05) is 29.3 Å². The third-order valence-electron chi connectivity index (χ3n) is 2.00. The van der Waals surface area contributed by atoms with Crippen molar-refractivity contribution in [2.75, 3.05) is 0 Å². The molecule has 5 radical (unpaired) electrons. The molecule has 1 heterocycles. The predicted octanol–water partition coefficient (Wildman–Crippen LogP) is 2.43. The average molecular weight is 254 g/mol. The van der Waals surface area contributed by atoms with E-state index in [0.29, 0.717) is 0 Å². The van der Waals surface area contributed by atoms with Crippen LogP contribution in [0.3, 0.4) is 0 Å². The van der Waals surface area contributed by atoms with Gasteiger partial charge in [0, 0.05) is 12.1 Å². The lowest BCUT2D eigenvalue weighted by Crippen LogP contribution is -2.18. The highest BCUT2D eigenvalue weighted by molar-refractivity contribution is 6.41. The molecule has 1 aliphatic carbocycles. The zero-order valence-electron chi connectivity index (χ0n) is 8.10. The molecule has 0 spiro atoms. The van der Waals surface area contributed by atoms with E-state index in [-0.39, 0.29) is 10.0 Å². The van der Waals surface area contributed by atoms with Crippen molar-refractivity contribution < 1.29 is 0 Å². The SMILES string of the molecule is O=c1c(Cl)c(Cl)cnn1/C=C/[C]1[CH][CH][CH][CH]1. The molecule has 1 aliphatic rings. The summed E-state index contributed by atoms with van der Waals surface area (Å²) in [5, 5.41) is 3.97. The number of hydrogen-bond donors (Lipinski definition) is 0. The fourth-order valence-electron chi connectivity index (χ4n) is 1.19. The normalized spacial score (nSPS) is 17.4. The summed E-state index contributed by atoms with van der Waals surface area (Å²) in [7, 11) is 0. The van der Waals surface area contributed by atoms with Crippen molar-refractivity contribution in [2.45, 2.75) is 0 Å². The minimum Gasteiger partial charge on any atom is -0.266 e. The van der Waals surface area contributed by atoms with Crippen molar-refractivity contribution in [1.29, 1.82) is 0 Å². The summed E-state index contributed by atoms with van der Waals surface area (Å²) in [5.41, 5.74) is -0.433. The number of halogens is 2. The molecule has 0 saturated heterocycles. The van der Waals surface area contributed by atoms with E-state index in [4.69, 9.17) is 23.2 Å². The van der Waals surface area contributed by atoms with Crippen LogP contribution in [0.4, 0.5) is 0 Å². The predicted molar refractivity (Wildman–Crippen MR) is 64.3 cm³/mol. The van der Waals surface area contributed by atoms with Gasteiger partial charge in [0.1, 0.15) is 5.02 Å². The maximum Gasteiger partial charge on any atom is 0.291 e. The summed E-state index contributed by atoms with van der Waals surface area (Å²) in [4.78, 5) is 11.6. The van der Waals surface area contributed by atoms with Crippen LogP contribution in [0.25, 0.3) is 6.20 Å². The van der Waals surface area contributed by atoms with E-state index in [1.165, 1.54) is 6.20 Å². The molecule has 3 nitrogen and oxygen atoms in total. The van der Waals surface area contributed by atoms with Gasteiger partial charge in [0.15, 0.2) is 0 Å². The summed E-state index contributed by atoms with van der Waals surface area (Å²) in [6.07, 6.45) is 12.3. The second-order valence-corrected chi connectivity index (χ2v) is 3.88. The van der Waals surface area contributed by atoms with E-state index < -0.39 is 5.56 Å². The Bertz CT molecular complexity index is 462. The van der Waals surface area contributed by atoms with Gasteiger partial charge in [-0.25, -0.2) is 4.68 Å². The van der Waals surface area contributed by atoms with Gasteiger partial charge in [-0.05, 0) is 25.7 Å². The van der Waals surface area contributed by atoms with Crippen LogP contribution >= 0.6 is 23.2 Å². The Hall–Kier alpha value is -0.800. The van der Waals surface area contributed by atoms with Crippen molar-refractivity contribution in [3.8, 4) is 0 Å². The first-order valence-electron chi connectivity index (χ1n) is 4.51. The van der Waals surface area contributed by atoms with Crippen LogP contribution in [0.1, 0.15) is 0 Å². The van der Waals surface area contributed by atoms with Crippen LogP contribution in [-0.2, 0) is 0 Å². The smallest absolute Gasteiger partial charge is 0.266 e. The van der Waals surface area contributed by atoms with Gasteiger partial charge >= 0.3 is 0 Å². The van der Waals surface area contributed by atoms with Crippen LogP contribution in [0.5, 0.6) is 0 Å². The Morgan fingerprint density at radius 2 is 1.94 bits per heavy atom. The van der Waals surface area contributed by atoms with Gasteiger partial charge in [0.25, 0.3) is 5.56 Å². The molecule has 0 aliphatic heterocycles. The minimum absolute atomic E-state index is 0.0242. The van der Waals surface area contributed by atoms with Crippen LogP contribution in [0, 0.1) is 31.6 Å². The van der Waals surface area contributed by atoms with Gasteiger partial charge in [0.05, 0.1) is 11.2 Å². The topological polar surface area (TPSA) is 34.9 Å². The molecule has 16 heavy (non-hydrogen) atoms. The summed E-state index contributed by atoms with van der Waals surface area (Å²) in [5.74, 6) is 0.986. The largest absolute Gasteiger partial charge is 0.291 e. The lowest BCUT2D eigenvalue weighted by Gasteiger charge is -2.01. The van der Waals surface area contributed by atoms with Crippen molar-refractivity contribution in [3.63, 3.8) is 0 Å². The molecule has 0 unspecified atom stereocenters. The number of nitrogens with zero attached hydrogens (tertiary/aromatic N) is 2. The van der Waals surface area contributed by atoms with Crippen molar-refractivity contribution in [3.05, 3.63) is 64.3 Å². The highest BCUT2D eigenvalue weighted by Gasteiger charge is 2.13.